The second kappa shape index (κ2) is 9.03. The van der Waals surface area contributed by atoms with Gasteiger partial charge in [0, 0.05) is 29.1 Å². The summed E-state index contributed by atoms with van der Waals surface area (Å²) in [5.41, 5.74) is 7.52. The van der Waals surface area contributed by atoms with Gasteiger partial charge in [-0.3, -0.25) is 25.5 Å². The lowest BCUT2D eigenvalue weighted by Gasteiger charge is -2.29. The highest BCUT2D eigenvalue weighted by molar-refractivity contribution is 7.79. The van der Waals surface area contributed by atoms with E-state index < -0.39 is 27.3 Å². The van der Waals surface area contributed by atoms with Crippen LogP contribution in [0.25, 0.3) is 11.1 Å². The Kier molecular flexibility index (Phi) is 5.89. The van der Waals surface area contributed by atoms with Crippen molar-refractivity contribution in [3.05, 3.63) is 96.1 Å². The SMILES string of the molecule is O=C(Nc1cc2c3c(c1)CCc1cccc(c1-3)CC2)OCc1cc([N+](=O)[O-])c(CS)c([N+](=O)[O-])c1. The Labute approximate surface area is 205 Å². The van der Waals surface area contributed by atoms with E-state index in [1.54, 1.807) is 0 Å². The minimum absolute atomic E-state index is 0.0932. The summed E-state index contributed by atoms with van der Waals surface area (Å²) in [6.45, 7) is -0.352. The van der Waals surface area contributed by atoms with Crippen LogP contribution >= 0.6 is 12.6 Å². The van der Waals surface area contributed by atoms with Gasteiger partial charge >= 0.3 is 6.09 Å². The Morgan fingerprint density at radius 3 is 1.91 bits per heavy atom. The fourth-order valence-corrected chi connectivity index (χ4v) is 5.38. The molecule has 0 bridgehead atoms. The third-order valence-electron chi connectivity index (χ3n) is 6.55. The standard InChI is InChI=1S/C25H21N3O6S/c29-25(34-12-14-8-21(27(30)31)20(13-35)22(9-14)28(32)33)26-19-10-17-6-4-15-2-1-3-16-5-7-18(11-19)24(17)23(15)16/h1-3,8-11,35H,4-7,12-13H2,(H,26,29). The van der Waals surface area contributed by atoms with Gasteiger partial charge in [-0.15, -0.1) is 0 Å². The molecule has 0 aliphatic heterocycles. The first kappa shape index (κ1) is 22.9. The number of rotatable bonds is 6. The zero-order valence-corrected chi connectivity index (χ0v) is 19.5. The van der Waals surface area contributed by atoms with Crippen molar-refractivity contribution in [2.45, 2.75) is 38.0 Å². The first-order chi connectivity index (χ1) is 16.9. The maximum absolute atomic E-state index is 12.5. The van der Waals surface area contributed by atoms with E-state index in [2.05, 4.69) is 36.1 Å². The van der Waals surface area contributed by atoms with Crippen LogP contribution in [0, 0.1) is 20.2 Å². The summed E-state index contributed by atoms with van der Waals surface area (Å²) in [7, 11) is 0. The predicted octanol–water partition coefficient (Wildman–Crippen LogP) is 5.55. The zero-order valence-electron chi connectivity index (χ0n) is 18.6. The van der Waals surface area contributed by atoms with Crippen LogP contribution in [0.4, 0.5) is 21.9 Å². The molecule has 5 rings (SSSR count). The molecule has 2 aliphatic carbocycles. The van der Waals surface area contributed by atoms with E-state index >= 15 is 0 Å². The van der Waals surface area contributed by atoms with E-state index in [-0.39, 0.29) is 23.5 Å². The van der Waals surface area contributed by atoms with Gasteiger partial charge in [-0.1, -0.05) is 18.2 Å². The van der Waals surface area contributed by atoms with Crippen molar-refractivity contribution in [3.8, 4) is 11.1 Å². The number of benzene rings is 3. The van der Waals surface area contributed by atoms with Gasteiger partial charge in [0.2, 0.25) is 0 Å². The van der Waals surface area contributed by atoms with E-state index in [1.165, 1.54) is 45.5 Å². The molecule has 0 unspecified atom stereocenters. The van der Waals surface area contributed by atoms with E-state index in [0.717, 1.165) is 25.7 Å². The average molecular weight is 492 g/mol. The third-order valence-corrected chi connectivity index (χ3v) is 6.86. The van der Waals surface area contributed by atoms with Gasteiger partial charge < -0.3 is 4.74 Å². The van der Waals surface area contributed by atoms with Crippen molar-refractivity contribution in [3.63, 3.8) is 0 Å². The molecule has 10 heteroatoms. The molecule has 0 aromatic heterocycles. The smallest absolute Gasteiger partial charge is 0.411 e. The number of hydrogen-bond acceptors (Lipinski definition) is 7. The fourth-order valence-electron chi connectivity index (χ4n) is 5.06. The molecule has 0 atom stereocenters. The highest BCUT2D eigenvalue weighted by Crippen LogP contribution is 2.43. The van der Waals surface area contributed by atoms with Gasteiger partial charge in [0.1, 0.15) is 12.2 Å². The van der Waals surface area contributed by atoms with Crippen molar-refractivity contribution in [1.29, 1.82) is 0 Å². The molecule has 1 N–H and O–H groups in total. The van der Waals surface area contributed by atoms with Crippen molar-refractivity contribution in [1.82, 2.24) is 0 Å². The van der Waals surface area contributed by atoms with Crippen molar-refractivity contribution in [2.24, 2.45) is 0 Å². The molecule has 178 valence electrons. The lowest BCUT2D eigenvalue weighted by atomic mass is 9.75. The Bertz CT molecular complexity index is 1320. The number of amides is 1. The lowest BCUT2D eigenvalue weighted by molar-refractivity contribution is -0.395. The number of nitrogens with one attached hydrogen (secondary N) is 1. The van der Waals surface area contributed by atoms with E-state index in [0.29, 0.717) is 5.69 Å². The summed E-state index contributed by atoms with van der Waals surface area (Å²) in [5.74, 6) is -0.166. The Balaban J connectivity index is 1.35. The number of ether oxygens (including phenoxy) is 1. The summed E-state index contributed by atoms with van der Waals surface area (Å²) < 4.78 is 5.25. The molecule has 0 spiro atoms. The minimum atomic E-state index is -0.742. The molecule has 2 aliphatic rings. The Hall–Kier alpha value is -3.92. The fraction of sp³-hybridized carbons (Fsp3) is 0.240. The summed E-state index contributed by atoms with van der Waals surface area (Å²) in [6, 6.07) is 12.7. The predicted molar refractivity (Wildman–Crippen MR) is 133 cm³/mol. The van der Waals surface area contributed by atoms with Gasteiger partial charge in [0.25, 0.3) is 11.4 Å². The van der Waals surface area contributed by atoms with Crippen LogP contribution in [-0.4, -0.2) is 15.9 Å². The quantitative estimate of drug-likeness (QED) is 0.265. The van der Waals surface area contributed by atoms with Crippen molar-refractivity contribution >= 4 is 35.8 Å². The van der Waals surface area contributed by atoms with Gasteiger partial charge in [-0.25, -0.2) is 4.79 Å². The van der Waals surface area contributed by atoms with Crippen LogP contribution in [0.2, 0.25) is 0 Å². The number of carbonyl (C=O) groups is 1. The molecule has 0 heterocycles. The maximum Gasteiger partial charge on any atom is 0.411 e. The van der Waals surface area contributed by atoms with Crippen LogP contribution in [0.5, 0.6) is 0 Å². The molecule has 1 amide bonds. The molecule has 9 nitrogen and oxygen atoms in total. The van der Waals surface area contributed by atoms with Crippen LogP contribution in [0.3, 0.4) is 0 Å². The molecular formula is C25H21N3O6S. The van der Waals surface area contributed by atoms with Gasteiger partial charge in [0.15, 0.2) is 0 Å². The molecule has 3 aromatic rings. The minimum Gasteiger partial charge on any atom is -0.444 e. The zero-order chi connectivity index (χ0) is 24.7. The van der Waals surface area contributed by atoms with Crippen LogP contribution < -0.4 is 5.32 Å². The summed E-state index contributed by atoms with van der Waals surface area (Å²) >= 11 is 3.98. The molecule has 0 saturated heterocycles. The van der Waals surface area contributed by atoms with Gasteiger partial charge in [-0.2, -0.15) is 12.6 Å². The summed E-state index contributed by atoms with van der Waals surface area (Å²) in [6.07, 6.45) is 2.92. The van der Waals surface area contributed by atoms with E-state index in [4.69, 9.17) is 4.74 Å². The molecule has 35 heavy (non-hydrogen) atoms. The maximum atomic E-state index is 12.5. The number of carbonyl (C=O) groups excluding carboxylic acids is 1. The monoisotopic (exact) mass is 491 g/mol. The molecule has 0 fully saturated rings. The topological polar surface area (TPSA) is 125 Å². The van der Waals surface area contributed by atoms with E-state index in [9.17, 15) is 25.0 Å². The number of thiol groups is 1. The first-order valence-corrected chi connectivity index (χ1v) is 11.7. The summed E-state index contributed by atoms with van der Waals surface area (Å²) in [4.78, 5) is 33.9. The normalized spacial score (nSPS) is 13.1. The second-order valence-electron chi connectivity index (χ2n) is 8.61. The van der Waals surface area contributed by atoms with Crippen LogP contribution in [-0.2, 0) is 42.8 Å². The molecule has 0 radical (unpaired) electrons. The largest absolute Gasteiger partial charge is 0.444 e. The van der Waals surface area contributed by atoms with Crippen molar-refractivity contribution in [2.75, 3.05) is 5.32 Å². The Morgan fingerprint density at radius 2 is 1.40 bits per heavy atom. The number of nitro groups is 2. The number of hydrogen-bond donors (Lipinski definition) is 2. The summed E-state index contributed by atoms with van der Waals surface area (Å²) in [5, 5.41) is 25.5. The Morgan fingerprint density at radius 1 is 0.886 bits per heavy atom. The average Bonchev–Trinajstić information content (AvgIpc) is 2.85. The number of nitro benzene ring substituents is 2. The lowest BCUT2D eigenvalue weighted by Crippen LogP contribution is -2.17. The van der Waals surface area contributed by atoms with Crippen LogP contribution in [0.15, 0.2) is 42.5 Å². The van der Waals surface area contributed by atoms with Gasteiger partial charge in [-0.05, 0) is 71.2 Å². The number of nitrogens with zero attached hydrogens (tertiary/aromatic N) is 2. The van der Waals surface area contributed by atoms with E-state index in [1.807, 2.05) is 12.1 Å². The van der Waals surface area contributed by atoms with Crippen molar-refractivity contribution < 1.29 is 19.4 Å². The van der Waals surface area contributed by atoms with Gasteiger partial charge in [0.05, 0.1) is 9.85 Å². The molecule has 0 saturated carbocycles. The first-order valence-electron chi connectivity index (χ1n) is 11.1. The molecular weight excluding hydrogens is 470 g/mol. The number of aryl methyl sites for hydroxylation is 4. The highest BCUT2D eigenvalue weighted by Gasteiger charge is 2.27. The second-order valence-corrected chi connectivity index (χ2v) is 8.92. The molecule has 3 aromatic carbocycles. The number of anilines is 1. The third kappa shape index (κ3) is 4.21. The highest BCUT2D eigenvalue weighted by atomic mass is 32.1. The van der Waals surface area contributed by atoms with Crippen LogP contribution in [0.1, 0.15) is 33.4 Å².